The minimum atomic E-state index is -3.77. The molecule has 1 aromatic heterocycles. The molecule has 1 atom stereocenters. The number of amides is 2. The monoisotopic (exact) mass is 317 g/mol. The molecular weight excluding hydrogens is 302 g/mol. The molecule has 0 aliphatic carbocycles. The van der Waals surface area contributed by atoms with Crippen LogP contribution >= 0.6 is 11.3 Å². The van der Waals surface area contributed by atoms with Gasteiger partial charge in [-0.2, -0.15) is 4.72 Å². The molecule has 2 rings (SSSR count). The average molecular weight is 317 g/mol. The fourth-order valence-corrected chi connectivity index (χ4v) is 4.36. The van der Waals surface area contributed by atoms with Crippen molar-refractivity contribution in [2.24, 2.45) is 5.73 Å². The predicted octanol–water partition coefficient (Wildman–Crippen LogP) is -0.368. The molecule has 7 nitrogen and oxygen atoms in total. The number of thiophene rings is 1. The van der Waals surface area contributed by atoms with Crippen molar-refractivity contribution >= 4 is 33.2 Å². The van der Waals surface area contributed by atoms with Crippen LogP contribution in [0.5, 0.6) is 0 Å². The summed E-state index contributed by atoms with van der Waals surface area (Å²) in [5.41, 5.74) is 5.44. The summed E-state index contributed by atoms with van der Waals surface area (Å²) in [7, 11) is -2.42. The second-order valence-electron chi connectivity index (χ2n) is 4.43. The molecule has 1 unspecified atom stereocenters. The van der Waals surface area contributed by atoms with E-state index in [1.807, 2.05) is 0 Å². The molecule has 0 bridgehead atoms. The fraction of sp³-hybridized carbons (Fsp3) is 0.455. The molecule has 0 aromatic carbocycles. The summed E-state index contributed by atoms with van der Waals surface area (Å²) in [4.78, 5) is 24.9. The Kier molecular flexibility index (Phi) is 4.23. The van der Waals surface area contributed by atoms with Gasteiger partial charge in [0.1, 0.15) is 10.3 Å². The van der Waals surface area contributed by atoms with Gasteiger partial charge in [-0.05, 0) is 18.6 Å². The van der Waals surface area contributed by atoms with Crippen molar-refractivity contribution in [3.8, 4) is 0 Å². The molecular formula is C11H15N3O4S2. The standard InChI is InChI=1S/C11H15N3O4S2/c1-14-9(15)4-3-8(11(14)16)13-20(17,18)10-5-2-7(6-12)19-10/h2,5,8,13H,3-4,6,12H2,1H3. The van der Waals surface area contributed by atoms with Gasteiger partial charge < -0.3 is 5.73 Å². The first-order valence-corrected chi connectivity index (χ1v) is 8.26. The minimum Gasteiger partial charge on any atom is -0.326 e. The molecule has 0 radical (unpaired) electrons. The second-order valence-corrected chi connectivity index (χ2v) is 7.54. The van der Waals surface area contributed by atoms with Gasteiger partial charge in [0.2, 0.25) is 11.8 Å². The van der Waals surface area contributed by atoms with Crippen molar-refractivity contribution in [1.29, 1.82) is 0 Å². The minimum absolute atomic E-state index is 0.116. The van der Waals surface area contributed by atoms with Gasteiger partial charge in [-0.25, -0.2) is 8.42 Å². The quantitative estimate of drug-likeness (QED) is 0.737. The van der Waals surface area contributed by atoms with Crippen LogP contribution in [0.2, 0.25) is 0 Å². The number of rotatable bonds is 4. The van der Waals surface area contributed by atoms with Crippen LogP contribution in [0.25, 0.3) is 0 Å². The van der Waals surface area contributed by atoms with Crippen LogP contribution in [0, 0.1) is 0 Å². The number of imide groups is 1. The van der Waals surface area contributed by atoms with Gasteiger partial charge in [-0.15, -0.1) is 11.3 Å². The predicted molar refractivity (Wildman–Crippen MR) is 73.3 cm³/mol. The van der Waals surface area contributed by atoms with E-state index in [0.717, 1.165) is 21.1 Å². The number of likely N-dealkylation sites (tertiary alicyclic amines) is 1. The van der Waals surface area contributed by atoms with E-state index in [4.69, 9.17) is 5.73 Å². The Morgan fingerprint density at radius 2 is 2.15 bits per heavy atom. The fourth-order valence-electron chi connectivity index (χ4n) is 1.88. The van der Waals surface area contributed by atoms with E-state index in [2.05, 4.69) is 4.72 Å². The summed E-state index contributed by atoms with van der Waals surface area (Å²) in [5, 5.41) is 0. The van der Waals surface area contributed by atoms with Crippen LogP contribution in [0.15, 0.2) is 16.3 Å². The number of nitrogens with one attached hydrogen (secondary N) is 1. The number of piperidine rings is 1. The highest BCUT2D eigenvalue weighted by Gasteiger charge is 2.35. The van der Waals surface area contributed by atoms with Gasteiger partial charge in [0.25, 0.3) is 10.0 Å². The number of hydrogen-bond acceptors (Lipinski definition) is 6. The molecule has 0 saturated carbocycles. The summed E-state index contributed by atoms with van der Waals surface area (Å²) >= 11 is 1.06. The second kappa shape index (κ2) is 5.60. The van der Waals surface area contributed by atoms with Gasteiger partial charge in [-0.1, -0.05) is 0 Å². The number of likely N-dealkylation sites (N-methyl/N-ethyl adjacent to an activating group) is 1. The molecule has 110 valence electrons. The maximum absolute atomic E-state index is 12.2. The summed E-state index contributed by atoms with van der Waals surface area (Å²) in [6, 6.07) is 2.20. The smallest absolute Gasteiger partial charge is 0.250 e. The molecule has 1 aliphatic rings. The zero-order valence-electron chi connectivity index (χ0n) is 10.8. The Morgan fingerprint density at radius 1 is 1.45 bits per heavy atom. The lowest BCUT2D eigenvalue weighted by molar-refractivity contribution is -0.147. The topological polar surface area (TPSA) is 110 Å². The molecule has 1 aromatic rings. The number of sulfonamides is 1. The number of nitrogens with two attached hydrogens (primary N) is 1. The number of hydrogen-bond donors (Lipinski definition) is 2. The highest BCUT2D eigenvalue weighted by atomic mass is 32.2. The summed E-state index contributed by atoms with van der Waals surface area (Å²) in [5.74, 6) is -0.826. The van der Waals surface area contributed by atoms with E-state index < -0.39 is 22.0 Å². The van der Waals surface area contributed by atoms with E-state index in [9.17, 15) is 18.0 Å². The first-order valence-electron chi connectivity index (χ1n) is 5.96. The lowest BCUT2D eigenvalue weighted by atomic mass is 10.1. The Hall–Kier alpha value is -1.29. The van der Waals surface area contributed by atoms with Gasteiger partial charge >= 0.3 is 0 Å². The Balaban J connectivity index is 2.16. The molecule has 3 N–H and O–H groups in total. The molecule has 9 heteroatoms. The SMILES string of the molecule is CN1C(=O)CCC(NS(=O)(=O)c2ccc(CN)s2)C1=O. The van der Waals surface area contributed by atoms with Gasteiger partial charge in [-0.3, -0.25) is 14.5 Å². The van der Waals surface area contributed by atoms with Crippen molar-refractivity contribution in [3.05, 3.63) is 17.0 Å². The van der Waals surface area contributed by atoms with E-state index in [1.165, 1.54) is 13.1 Å². The Bertz CT molecular complexity index is 638. The molecule has 1 saturated heterocycles. The van der Waals surface area contributed by atoms with Crippen LogP contribution in [-0.4, -0.2) is 38.2 Å². The first-order chi connectivity index (χ1) is 9.35. The molecule has 20 heavy (non-hydrogen) atoms. The van der Waals surface area contributed by atoms with Crippen molar-refractivity contribution in [2.45, 2.75) is 29.6 Å². The van der Waals surface area contributed by atoms with Crippen LogP contribution < -0.4 is 10.5 Å². The zero-order valence-corrected chi connectivity index (χ0v) is 12.5. The molecule has 2 heterocycles. The average Bonchev–Trinajstić information content (AvgIpc) is 2.89. The van der Waals surface area contributed by atoms with Crippen LogP contribution in [0.4, 0.5) is 0 Å². The maximum atomic E-state index is 12.2. The van der Waals surface area contributed by atoms with Gasteiger partial charge in [0.05, 0.1) is 0 Å². The van der Waals surface area contributed by atoms with Crippen molar-refractivity contribution in [1.82, 2.24) is 9.62 Å². The highest BCUT2D eigenvalue weighted by molar-refractivity contribution is 7.91. The third-order valence-corrected chi connectivity index (χ3v) is 6.12. The maximum Gasteiger partial charge on any atom is 0.250 e. The summed E-state index contributed by atoms with van der Waals surface area (Å²) in [6.07, 6.45) is 0.324. The van der Waals surface area contributed by atoms with E-state index in [-0.39, 0.29) is 29.5 Å². The first kappa shape index (κ1) is 15.1. The van der Waals surface area contributed by atoms with Gasteiger partial charge in [0, 0.05) is 24.9 Å². The van der Waals surface area contributed by atoms with Gasteiger partial charge in [0.15, 0.2) is 0 Å². The Labute approximate surface area is 120 Å². The Morgan fingerprint density at radius 3 is 2.75 bits per heavy atom. The van der Waals surface area contributed by atoms with Crippen LogP contribution in [0.3, 0.4) is 0 Å². The van der Waals surface area contributed by atoms with Crippen LogP contribution in [0.1, 0.15) is 17.7 Å². The van der Waals surface area contributed by atoms with E-state index in [1.54, 1.807) is 6.07 Å². The van der Waals surface area contributed by atoms with Crippen LogP contribution in [-0.2, 0) is 26.2 Å². The molecule has 1 fully saturated rings. The number of carbonyl (C=O) groups is 2. The lowest BCUT2D eigenvalue weighted by Crippen LogP contribution is -2.52. The van der Waals surface area contributed by atoms with Crippen molar-refractivity contribution in [3.63, 3.8) is 0 Å². The number of nitrogens with zero attached hydrogens (tertiary/aromatic N) is 1. The van der Waals surface area contributed by atoms with E-state index >= 15 is 0 Å². The van der Waals surface area contributed by atoms with E-state index in [0.29, 0.717) is 0 Å². The number of carbonyl (C=O) groups excluding carboxylic acids is 2. The molecule has 2 amide bonds. The summed E-state index contributed by atoms with van der Waals surface area (Å²) < 4.78 is 26.8. The normalized spacial score (nSPS) is 20.5. The molecule has 0 spiro atoms. The zero-order chi connectivity index (χ0) is 14.9. The highest BCUT2D eigenvalue weighted by Crippen LogP contribution is 2.22. The largest absolute Gasteiger partial charge is 0.326 e. The molecule has 1 aliphatic heterocycles. The lowest BCUT2D eigenvalue weighted by Gasteiger charge is -2.27. The van der Waals surface area contributed by atoms with Crippen molar-refractivity contribution < 1.29 is 18.0 Å². The van der Waals surface area contributed by atoms with Crippen molar-refractivity contribution in [2.75, 3.05) is 7.05 Å². The third-order valence-electron chi connectivity index (χ3n) is 3.05. The third kappa shape index (κ3) is 2.90. The summed E-state index contributed by atoms with van der Waals surface area (Å²) in [6.45, 7) is 0.264.